The molecule has 0 spiro atoms. The number of fused-ring (bicyclic) bond motifs is 3. The molecule has 0 radical (unpaired) electrons. The highest BCUT2D eigenvalue weighted by atomic mass is 16.6. The molecule has 5 heteroatoms. The van der Waals surface area contributed by atoms with E-state index in [1.807, 2.05) is 0 Å². The highest BCUT2D eigenvalue weighted by molar-refractivity contribution is 5.87. The van der Waals surface area contributed by atoms with Crippen molar-refractivity contribution < 1.29 is 4.92 Å². The highest BCUT2D eigenvalue weighted by Crippen LogP contribution is 2.36. The standard InChI is InChI=1S/C13H11N3O2/c14-7-8-2-1-3-10-11-6-9(16(17)18)4-5-12(11)15-13(8)10/h4-6,8,15H,1-3H2/t8-/m0/s1. The van der Waals surface area contributed by atoms with Crippen LogP contribution in [-0.4, -0.2) is 9.91 Å². The first kappa shape index (κ1) is 10.8. The number of aromatic nitrogens is 1. The second-order valence-corrected chi connectivity index (χ2v) is 4.58. The van der Waals surface area contributed by atoms with Crippen molar-refractivity contribution in [1.29, 1.82) is 5.26 Å². The highest BCUT2D eigenvalue weighted by Gasteiger charge is 2.24. The van der Waals surface area contributed by atoms with Gasteiger partial charge in [0, 0.05) is 28.7 Å². The summed E-state index contributed by atoms with van der Waals surface area (Å²) in [5.41, 5.74) is 3.00. The van der Waals surface area contributed by atoms with Crippen molar-refractivity contribution >= 4 is 16.6 Å². The van der Waals surface area contributed by atoms with Crippen LogP contribution in [0, 0.1) is 21.4 Å². The third-order valence-electron chi connectivity index (χ3n) is 3.56. The van der Waals surface area contributed by atoms with E-state index in [0.717, 1.165) is 41.4 Å². The van der Waals surface area contributed by atoms with E-state index < -0.39 is 0 Å². The van der Waals surface area contributed by atoms with E-state index in [-0.39, 0.29) is 16.5 Å². The summed E-state index contributed by atoms with van der Waals surface area (Å²) in [4.78, 5) is 13.7. The molecule has 5 nitrogen and oxygen atoms in total. The van der Waals surface area contributed by atoms with E-state index in [2.05, 4.69) is 11.1 Å². The molecule has 1 atom stereocenters. The largest absolute Gasteiger partial charge is 0.357 e. The summed E-state index contributed by atoms with van der Waals surface area (Å²) in [5, 5.41) is 20.8. The summed E-state index contributed by atoms with van der Waals surface area (Å²) < 4.78 is 0. The third-order valence-corrected chi connectivity index (χ3v) is 3.56. The molecule has 2 aromatic rings. The summed E-state index contributed by atoms with van der Waals surface area (Å²) >= 11 is 0. The van der Waals surface area contributed by atoms with Gasteiger partial charge in [0.25, 0.3) is 5.69 Å². The Labute approximate surface area is 103 Å². The third kappa shape index (κ3) is 1.46. The number of aromatic amines is 1. The van der Waals surface area contributed by atoms with Crippen LogP contribution in [0.25, 0.3) is 10.9 Å². The number of hydrogen-bond donors (Lipinski definition) is 1. The van der Waals surface area contributed by atoms with Gasteiger partial charge in [-0.3, -0.25) is 10.1 Å². The predicted molar refractivity (Wildman–Crippen MR) is 66.2 cm³/mol. The molecular formula is C13H11N3O2. The van der Waals surface area contributed by atoms with Crippen molar-refractivity contribution in [2.45, 2.75) is 25.2 Å². The smallest absolute Gasteiger partial charge is 0.270 e. The average molecular weight is 241 g/mol. The van der Waals surface area contributed by atoms with Gasteiger partial charge in [0.2, 0.25) is 0 Å². The maximum Gasteiger partial charge on any atom is 0.270 e. The number of non-ortho nitro benzene ring substituents is 1. The van der Waals surface area contributed by atoms with Crippen LogP contribution in [0.3, 0.4) is 0 Å². The van der Waals surface area contributed by atoms with Gasteiger partial charge in [-0.25, -0.2) is 0 Å². The Bertz CT molecular complexity index is 681. The molecule has 1 aromatic carbocycles. The molecule has 18 heavy (non-hydrogen) atoms. The molecule has 1 aliphatic rings. The van der Waals surface area contributed by atoms with E-state index in [0.29, 0.717) is 0 Å². The minimum Gasteiger partial charge on any atom is -0.357 e. The second-order valence-electron chi connectivity index (χ2n) is 4.58. The molecule has 0 fully saturated rings. The van der Waals surface area contributed by atoms with Crippen molar-refractivity contribution in [3.8, 4) is 6.07 Å². The second kappa shape index (κ2) is 3.84. The van der Waals surface area contributed by atoms with Gasteiger partial charge in [0.05, 0.1) is 16.9 Å². The van der Waals surface area contributed by atoms with Gasteiger partial charge in [-0.15, -0.1) is 0 Å². The number of H-pyrrole nitrogens is 1. The maximum absolute atomic E-state index is 10.8. The number of nitro groups is 1. The minimum absolute atomic E-state index is 0.100. The molecule has 0 amide bonds. The number of aryl methyl sites for hydroxylation is 1. The maximum atomic E-state index is 10.8. The monoisotopic (exact) mass is 241 g/mol. The van der Waals surface area contributed by atoms with Crippen molar-refractivity contribution in [2.24, 2.45) is 0 Å². The summed E-state index contributed by atoms with van der Waals surface area (Å²) in [5.74, 6) is -0.111. The van der Waals surface area contributed by atoms with E-state index in [4.69, 9.17) is 5.26 Å². The molecule has 0 bridgehead atoms. The lowest BCUT2D eigenvalue weighted by Gasteiger charge is -2.16. The normalized spacial score (nSPS) is 18.3. The van der Waals surface area contributed by atoms with E-state index in [9.17, 15) is 10.1 Å². The quantitative estimate of drug-likeness (QED) is 0.615. The SMILES string of the molecule is N#C[C@@H]1CCCc2c1[nH]c1ccc([N+](=O)[O-])cc21. The van der Waals surface area contributed by atoms with E-state index in [1.165, 1.54) is 6.07 Å². The van der Waals surface area contributed by atoms with Gasteiger partial charge in [-0.2, -0.15) is 5.26 Å². The molecule has 1 heterocycles. The van der Waals surface area contributed by atoms with Crippen molar-refractivity contribution in [1.82, 2.24) is 4.98 Å². The summed E-state index contributed by atoms with van der Waals surface area (Å²) in [7, 11) is 0. The Morgan fingerprint density at radius 1 is 1.50 bits per heavy atom. The molecule has 1 aliphatic carbocycles. The predicted octanol–water partition coefficient (Wildman–Crippen LogP) is 3.02. The fraction of sp³-hybridized carbons (Fsp3) is 0.308. The number of nitrogens with zero attached hydrogens (tertiary/aromatic N) is 2. The molecule has 90 valence electrons. The Morgan fingerprint density at radius 2 is 2.33 bits per heavy atom. The topological polar surface area (TPSA) is 82.7 Å². The first-order chi connectivity index (χ1) is 8.70. The lowest BCUT2D eigenvalue weighted by atomic mass is 9.88. The van der Waals surface area contributed by atoms with Gasteiger partial charge in [-0.05, 0) is 30.9 Å². The zero-order valence-electron chi connectivity index (χ0n) is 9.64. The zero-order chi connectivity index (χ0) is 12.7. The van der Waals surface area contributed by atoms with E-state index >= 15 is 0 Å². The van der Waals surface area contributed by atoms with Gasteiger partial charge in [0.1, 0.15) is 0 Å². The number of rotatable bonds is 1. The van der Waals surface area contributed by atoms with Crippen LogP contribution in [0.1, 0.15) is 30.0 Å². The Morgan fingerprint density at radius 3 is 3.06 bits per heavy atom. The van der Waals surface area contributed by atoms with Crippen LogP contribution in [0.5, 0.6) is 0 Å². The van der Waals surface area contributed by atoms with Crippen LogP contribution in [0.2, 0.25) is 0 Å². The number of hydrogen-bond acceptors (Lipinski definition) is 3. The van der Waals surface area contributed by atoms with Crippen LogP contribution in [0.4, 0.5) is 5.69 Å². The Balaban J connectivity index is 2.25. The van der Waals surface area contributed by atoms with Gasteiger partial charge in [0.15, 0.2) is 0 Å². The first-order valence-electron chi connectivity index (χ1n) is 5.89. The number of nitrogens with one attached hydrogen (secondary N) is 1. The Hall–Kier alpha value is -2.35. The van der Waals surface area contributed by atoms with Crippen LogP contribution < -0.4 is 0 Å². The summed E-state index contributed by atoms with van der Waals surface area (Å²) in [6.45, 7) is 0. The van der Waals surface area contributed by atoms with Crippen LogP contribution in [0.15, 0.2) is 18.2 Å². The van der Waals surface area contributed by atoms with Crippen LogP contribution in [-0.2, 0) is 6.42 Å². The van der Waals surface area contributed by atoms with Crippen LogP contribution >= 0.6 is 0 Å². The number of nitriles is 1. The van der Waals surface area contributed by atoms with Gasteiger partial charge < -0.3 is 4.98 Å². The summed E-state index contributed by atoms with van der Waals surface area (Å²) in [6, 6.07) is 7.11. The lowest BCUT2D eigenvalue weighted by molar-refractivity contribution is -0.384. The average Bonchev–Trinajstić information content (AvgIpc) is 2.76. The number of nitro benzene ring substituents is 1. The Kier molecular flexibility index (Phi) is 2.30. The minimum atomic E-state index is -0.385. The molecule has 0 aliphatic heterocycles. The zero-order valence-corrected chi connectivity index (χ0v) is 9.64. The fourth-order valence-electron chi connectivity index (χ4n) is 2.69. The molecule has 1 N–H and O–H groups in total. The fourth-order valence-corrected chi connectivity index (χ4v) is 2.69. The van der Waals surface area contributed by atoms with Crippen molar-refractivity contribution in [3.05, 3.63) is 39.6 Å². The lowest BCUT2D eigenvalue weighted by Crippen LogP contribution is -2.06. The first-order valence-corrected chi connectivity index (χ1v) is 5.89. The molecule has 3 rings (SSSR count). The molecular weight excluding hydrogens is 230 g/mol. The van der Waals surface area contributed by atoms with Gasteiger partial charge in [-0.1, -0.05) is 0 Å². The van der Waals surface area contributed by atoms with E-state index in [1.54, 1.807) is 12.1 Å². The van der Waals surface area contributed by atoms with Crippen molar-refractivity contribution in [2.75, 3.05) is 0 Å². The van der Waals surface area contributed by atoms with Gasteiger partial charge >= 0.3 is 0 Å². The number of benzene rings is 1. The molecule has 1 aromatic heterocycles. The molecule has 0 unspecified atom stereocenters. The summed E-state index contributed by atoms with van der Waals surface area (Å²) in [6.07, 6.45) is 2.70. The molecule has 0 saturated carbocycles. The molecule has 0 saturated heterocycles. The van der Waals surface area contributed by atoms with Crippen molar-refractivity contribution in [3.63, 3.8) is 0 Å².